The van der Waals surface area contributed by atoms with Crippen molar-refractivity contribution in [3.8, 4) is 0 Å². The SMILES string of the molecule is CC.Cc1c2ccc(Br)cc2nn1C. The molecule has 0 aliphatic heterocycles. The minimum atomic E-state index is 1.05. The fraction of sp³-hybridized carbons (Fsp3) is 0.364. The first-order chi connectivity index (χ1) is 6.68. The van der Waals surface area contributed by atoms with E-state index in [-0.39, 0.29) is 0 Å². The van der Waals surface area contributed by atoms with Gasteiger partial charge in [-0.3, -0.25) is 4.68 Å². The van der Waals surface area contributed by atoms with E-state index in [9.17, 15) is 0 Å². The molecule has 0 aliphatic rings. The summed E-state index contributed by atoms with van der Waals surface area (Å²) in [5.41, 5.74) is 2.25. The average molecular weight is 255 g/mol. The molecule has 0 aliphatic carbocycles. The van der Waals surface area contributed by atoms with Crippen molar-refractivity contribution >= 4 is 26.8 Å². The number of fused-ring (bicyclic) bond motifs is 1. The fourth-order valence-corrected chi connectivity index (χ4v) is 1.65. The molecule has 1 heterocycles. The van der Waals surface area contributed by atoms with E-state index in [0.717, 1.165) is 9.99 Å². The van der Waals surface area contributed by atoms with Crippen LogP contribution in [0.4, 0.5) is 0 Å². The van der Waals surface area contributed by atoms with Crippen LogP contribution in [0.1, 0.15) is 19.5 Å². The van der Waals surface area contributed by atoms with Crippen molar-refractivity contribution in [1.82, 2.24) is 9.78 Å². The molecule has 0 unspecified atom stereocenters. The monoisotopic (exact) mass is 254 g/mol. The summed E-state index contributed by atoms with van der Waals surface area (Å²) >= 11 is 3.42. The Bertz CT molecular complexity index is 432. The number of halogens is 1. The standard InChI is InChI=1S/C9H9BrN2.C2H6/c1-6-8-4-3-7(10)5-9(8)11-12(6)2;1-2/h3-5H,1-2H3;1-2H3. The lowest BCUT2D eigenvalue weighted by Crippen LogP contribution is -1.91. The molecule has 0 spiro atoms. The molecule has 2 rings (SSSR count). The number of nitrogens with zero attached hydrogens (tertiary/aromatic N) is 2. The highest BCUT2D eigenvalue weighted by Gasteiger charge is 2.03. The van der Waals surface area contributed by atoms with Gasteiger partial charge in [-0.25, -0.2) is 0 Å². The molecule has 14 heavy (non-hydrogen) atoms. The Morgan fingerprint density at radius 2 is 1.93 bits per heavy atom. The molecule has 0 atom stereocenters. The maximum absolute atomic E-state index is 4.36. The Balaban J connectivity index is 0.000000461. The molecule has 3 heteroatoms. The van der Waals surface area contributed by atoms with Crippen LogP contribution in [0.25, 0.3) is 10.9 Å². The number of hydrogen-bond acceptors (Lipinski definition) is 1. The van der Waals surface area contributed by atoms with Crippen LogP contribution in [0.3, 0.4) is 0 Å². The lowest BCUT2D eigenvalue weighted by atomic mass is 10.2. The Hall–Kier alpha value is -0.830. The highest BCUT2D eigenvalue weighted by atomic mass is 79.9. The maximum Gasteiger partial charge on any atom is 0.0937 e. The summed E-state index contributed by atoms with van der Waals surface area (Å²) in [7, 11) is 1.96. The highest BCUT2D eigenvalue weighted by molar-refractivity contribution is 9.10. The molecule has 2 aromatic rings. The lowest BCUT2D eigenvalue weighted by molar-refractivity contribution is 0.751. The smallest absolute Gasteiger partial charge is 0.0937 e. The minimum absolute atomic E-state index is 1.05. The van der Waals surface area contributed by atoms with Gasteiger partial charge in [0, 0.05) is 22.6 Å². The molecule has 2 nitrogen and oxygen atoms in total. The van der Waals surface area contributed by atoms with Crippen LogP contribution in [0.5, 0.6) is 0 Å². The van der Waals surface area contributed by atoms with Crippen LogP contribution >= 0.6 is 15.9 Å². The molecule has 1 aromatic heterocycles. The van der Waals surface area contributed by atoms with Crippen molar-refractivity contribution in [2.24, 2.45) is 7.05 Å². The third-order valence-electron chi connectivity index (χ3n) is 2.09. The summed E-state index contributed by atoms with van der Waals surface area (Å²) in [6.07, 6.45) is 0. The summed E-state index contributed by atoms with van der Waals surface area (Å²) < 4.78 is 2.98. The van der Waals surface area contributed by atoms with Crippen LogP contribution in [-0.4, -0.2) is 9.78 Å². The number of hydrogen-bond donors (Lipinski definition) is 0. The topological polar surface area (TPSA) is 17.8 Å². The third kappa shape index (κ3) is 1.98. The molecule has 0 bridgehead atoms. The van der Waals surface area contributed by atoms with Crippen LogP contribution in [0.15, 0.2) is 22.7 Å². The fourth-order valence-electron chi connectivity index (χ4n) is 1.30. The van der Waals surface area contributed by atoms with Crippen LogP contribution in [0, 0.1) is 6.92 Å². The van der Waals surface area contributed by atoms with Crippen molar-refractivity contribution in [1.29, 1.82) is 0 Å². The van der Waals surface area contributed by atoms with Crippen LogP contribution in [-0.2, 0) is 7.05 Å². The van der Waals surface area contributed by atoms with E-state index in [1.165, 1.54) is 11.1 Å². The Labute approximate surface area is 93.1 Å². The zero-order valence-electron chi connectivity index (χ0n) is 9.00. The molecular formula is C11H15BrN2. The van der Waals surface area contributed by atoms with Crippen molar-refractivity contribution in [2.45, 2.75) is 20.8 Å². The first-order valence-corrected chi connectivity index (χ1v) is 5.56. The quantitative estimate of drug-likeness (QED) is 0.702. The Kier molecular flexibility index (Phi) is 3.69. The first kappa shape index (κ1) is 11.2. The molecule has 0 saturated carbocycles. The molecule has 1 aromatic carbocycles. The van der Waals surface area contributed by atoms with Crippen molar-refractivity contribution < 1.29 is 0 Å². The minimum Gasteiger partial charge on any atom is -0.272 e. The zero-order chi connectivity index (χ0) is 10.7. The summed E-state index contributed by atoms with van der Waals surface area (Å²) in [5, 5.41) is 5.58. The molecule has 0 N–H and O–H groups in total. The maximum atomic E-state index is 4.36. The number of rotatable bonds is 0. The lowest BCUT2D eigenvalue weighted by Gasteiger charge is -1.91. The normalized spacial score (nSPS) is 9.79. The second-order valence-corrected chi connectivity index (χ2v) is 3.79. The Morgan fingerprint density at radius 1 is 1.29 bits per heavy atom. The number of benzene rings is 1. The summed E-state index contributed by atoms with van der Waals surface area (Å²) in [6, 6.07) is 6.15. The van der Waals surface area contributed by atoms with Gasteiger partial charge < -0.3 is 0 Å². The van der Waals surface area contributed by atoms with E-state index in [0.29, 0.717) is 0 Å². The molecule has 0 fully saturated rings. The van der Waals surface area contributed by atoms with Gasteiger partial charge in [0.2, 0.25) is 0 Å². The van der Waals surface area contributed by atoms with E-state index in [1.54, 1.807) is 0 Å². The zero-order valence-corrected chi connectivity index (χ0v) is 10.6. The summed E-state index contributed by atoms with van der Waals surface area (Å²) in [6.45, 7) is 6.07. The van der Waals surface area contributed by atoms with E-state index in [4.69, 9.17) is 0 Å². The molecule has 76 valence electrons. The van der Waals surface area contributed by atoms with Crippen LogP contribution in [0.2, 0.25) is 0 Å². The summed E-state index contributed by atoms with van der Waals surface area (Å²) in [5.74, 6) is 0. The van der Waals surface area contributed by atoms with Gasteiger partial charge in [-0.1, -0.05) is 29.8 Å². The highest BCUT2D eigenvalue weighted by Crippen LogP contribution is 2.20. The summed E-state index contributed by atoms with van der Waals surface area (Å²) in [4.78, 5) is 0. The van der Waals surface area contributed by atoms with Gasteiger partial charge in [0.25, 0.3) is 0 Å². The van der Waals surface area contributed by atoms with E-state index in [1.807, 2.05) is 37.7 Å². The van der Waals surface area contributed by atoms with Crippen LogP contribution < -0.4 is 0 Å². The van der Waals surface area contributed by atoms with Gasteiger partial charge in [0.1, 0.15) is 0 Å². The second kappa shape index (κ2) is 4.60. The van der Waals surface area contributed by atoms with Gasteiger partial charge in [0.05, 0.1) is 5.52 Å². The Morgan fingerprint density at radius 3 is 2.57 bits per heavy atom. The number of aryl methyl sites for hydroxylation is 2. The van der Waals surface area contributed by atoms with Gasteiger partial charge in [-0.05, 0) is 25.1 Å². The molecular weight excluding hydrogens is 240 g/mol. The average Bonchev–Trinajstić information content (AvgIpc) is 2.45. The van der Waals surface area contributed by atoms with E-state index >= 15 is 0 Å². The van der Waals surface area contributed by atoms with E-state index in [2.05, 4.69) is 34.0 Å². The van der Waals surface area contributed by atoms with Gasteiger partial charge in [-0.2, -0.15) is 5.10 Å². The molecule has 0 radical (unpaired) electrons. The van der Waals surface area contributed by atoms with Gasteiger partial charge in [-0.15, -0.1) is 0 Å². The van der Waals surface area contributed by atoms with Crippen molar-refractivity contribution in [3.05, 3.63) is 28.4 Å². The van der Waals surface area contributed by atoms with Gasteiger partial charge in [0.15, 0.2) is 0 Å². The number of aromatic nitrogens is 2. The van der Waals surface area contributed by atoms with Crippen molar-refractivity contribution in [3.63, 3.8) is 0 Å². The first-order valence-electron chi connectivity index (χ1n) is 4.77. The third-order valence-corrected chi connectivity index (χ3v) is 2.59. The van der Waals surface area contributed by atoms with Gasteiger partial charge >= 0.3 is 0 Å². The van der Waals surface area contributed by atoms with E-state index < -0.39 is 0 Å². The largest absolute Gasteiger partial charge is 0.272 e. The molecule has 0 amide bonds. The predicted molar refractivity (Wildman–Crippen MR) is 64.5 cm³/mol. The second-order valence-electron chi connectivity index (χ2n) is 2.87. The van der Waals surface area contributed by atoms with Crippen molar-refractivity contribution in [2.75, 3.05) is 0 Å². The molecule has 0 saturated heterocycles. The predicted octanol–water partition coefficient (Wildman–Crippen LogP) is 3.67.